The second kappa shape index (κ2) is 7.42. The number of anilines is 1. The van der Waals surface area contributed by atoms with E-state index in [1.54, 1.807) is 11.3 Å². The Hall–Kier alpha value is -1.76. The topological polar surface area (TPSA) is 45.2 Å². The first-order valence-corrected chi connectivity index (χ1v) is 9.25. The van der Waals surface area contributed by atoms with E-state index in [9.17, 15) is 4.79 Å². The molecule has 0 fully saturated rings. The molecule has 124 valence electrons. The highest BCUT2D eigenvalue weighted by atomic mass is 79.9. The number of nitrogens with zero attached hydrogens (tertiary/aromatic N) is 2. The van der Waals surface area contributed by atoms with Crippen molar-refractivity contribution in [2.75, 3.05) is 12.4 Å². The quantitative estimate of drug-likeness (QED) is 0.680. The van der Waals surface area contributed by atoms with Crippen molar-refractivity contribution in [3.8, 4) is 0 Å². The highest BCUT2D eigenvalue weighted by molar-refractivity contribution is 9.10. The van der Waals surface area contributed by atoms with Crippen LogP contribution in [0.15, 0.2) is 53.0 Å². The second-order valence-corrected chi connectivity index (χ2v) is 7.70. The maximum Gasteiger partial charge on any atom is 0.241 e. The molecular weight excluding hydrogens is 386 g/mol. The van der Waals surface area contributed by atoms with Crippen molar-refractivity contribution >= 4 is 49.1 Å². The number of hydrogen-bond donors (Lipinski definition) is 1. The number of aromatic nitrogens is 1. The molecule has 24 heavy (non-hydrogen) atoms. The summed E-state index contributed by atoms with van der Waals surface area (Å²) in [4.78, 5) is 19.1. The van der Waals surface area contributed by atoms with Crippen molar-refractivity contribution in [2.24, 2.45) is 0 Å². The van der Waals surface area contributed by atoms with Crippen LogP contribution in [0.4, 0.5) is 5.69 Å². The first-order chi connectivity index (χ1) is 11.5. The zero-order chi connectivity index (χ0) is 17.1. The van der Waals surface area contributed by atoms with Crippen LogP contribution in [0.3, 0.4) is 0 Å². The SMILES string of the molecule is C[C@@H](C(=O)Nc1cccc(Br)c1)N(C)Cc1nc2ccccc2s1. The summed E-state index contributed by atoms with van der Waals surface area (Å²) in [7, 11) is 1.94. The van der Waals surface area contributed by atoms with Gasteiger partial charge in [-0.15, -0.1) is 11.3 Å². The third-order valence-electron chi connectivity index (χ3n) is 3.86. The maximum atomic E-state index is 12.4. The van der Waals surface area contributed by atoms with Gasteiger partial charge in [-0.2, -0.15) is 0 Å². The lowest BCUT2D eigenvalue weighted by atomic mass is 10.2. The Morgan fingerprint density at radius 2 is 2.08 bits per heavy atom. The van der Waals surface area contributed by atoms with Crippen LogP contribution in [-0.2, 0) is 11.3 Å². The van der Waals surface area contributed by atoms with Gasteiger partial charge in [-0.1, -0.05) is 34.1 Å². The molecule has 0 radical (unpaired) electrons. The van der Waals surface area contributed by atoms with Crippen molar-refractivity contribution < 1.29 is 4.79 Å². The minimum Gasteiger partial charge on any atom is -0.325 e. The Balaban J connectivity index is 1.65. The van der Waals surface area contributed by atoms with Crippen molar-refractivity contribution in [3.63, 3.8) is 0 Å². The van der Waals surface area contributed by atoms with Crippen molar-refractivity contribution in [3.05, 3.63) is 58.0 Å². The average Bonchev–Trinajstić information content (AvgIpc) is 2.96. The third kappa shape index (κ3) is 4.01. The number of para-hydroxylation sites is 1. The maximum absolute atomic E-state index is 12.4. The molecule has 1 atom stereocenters. The Bertz CT molecular complexity index is 831. The van der Waals surface area contributed by atoms with E-state index in [0.29, 0.717) is 6.54 Å². The van der Waals surface area contributed by atoms with E-state index in [-0.39, 0.29) is 11.9 Å². The number of nitrogens with one attached hydrogen (secondary N) is 1. The number of likely N-dealkylation sites (N-methyl/N-ethyl adjacent to an activating group) is 1. The number of thiazole rings is 1. The lowest BCUT2D eigenvalue weighted by molar-refractivity contribution is -0.120. The Labute approximate surface area is 153 Å². The van der Waals surface area contributed by atoms with Crippen LogP contribution in [0.1, 0.15) is 11.9 Å². The predicted octanol–water partition coefficient (Wildman–Crippen LogP) is 4.52. The van der Waals surface area contributed by atoms with E-state index in [1.165, 1.54) is 4.70 Å². The molecule has 0 aliphatic heterocycles. The zero-order valence-corrected chi connectivity index (χ0v) is 15.9. The Kier molecular flexibility index (Phi) is 5.28. The number of fused-ring (bicyclic) bond motifs is 1. The highest BCUT2D eigenvalue weighted by Gasteiger charge is 2.19. The summed E-state index contributed by atoms with van der Waals surface area (Å²) in [6, 6.07) is 15.4. The van der Waals surface area contributed by atoms with Crippen LogP contribution < -0.4 is 5.32 Å². The molecule has 1 aromatic heterocycles. The van der Waals surface area contributed by atoms with Gasteiger partial charge in [0.1, 0.15) is 5.01 Å². The Morgan fingerprint density at radius 1 is 1.29 bits per heavy atom. The van der Waals surface area contributed by atoms with Gasteiger partial charge >= 0.3 is 0 Å². The summed E-state index contributed by atoms with van der Waals surface area (Å²) in [5.74, 6) is -0.0308. The summed E-state index contributed by atoms with van der Waals surface area (Å²) < 4.78 is 2.11. The molecule has 6 heteroatoms. The summed E-state index contributed by atoms with van der Waals surface area (Å²) in [6.45, 7) is 2.55. The van der Waals surface area contributed by atoms with Crippen molar-refractivity contribution in [1.29, 1.82) is 0 Å². The molecule has 1 N–H and O–H groups in total. The molecule has 0 aliphatic rings. The van der Waals surface area contributed by atoms with E-state index in [4.69, 9.17) is 0 Å². The number of hydrogen-bond acceptors (Lipinski definition) is 4. The van der Waals surface area contributed by atoms with E-state index in [2.05, 4.69) is 32.3 Å². The van der Waals surface area contributed by atoms with Gasteiger partial charge in [0.15, 0.2) is 0 Å². The molecule has 1 amide bonds. The average molecular weight is 404 g/mol. The van der Waals surface area contributed by atoms with Crippen LogP contribution in [-0.4, -0.2) is 28.9 Å². The predicted molar refractivity (Wildman–Crippen MR) is 103 cm³/mol. The number of benzene rings is 2. The lowest BCUT2D eigenvalue weighted by Gasteiger charge is -2.22. The first kappa shape index (κ1) is 17.1. The van der Waals surface area contributed by atoms with Crippen LogP contribution in [0, 0.1) is 0 Å². The molecule has 1 heterocycles. The smallest absolute Gasteiger partial charge is 0.241 e. The second-order valence-electron chi connectivity index (χ2n) is 5.67. The molecule has 3 rings (SSSR count). The van der Waals surface area contributed by atoms with Crippen LogP contribution >= 0.6 is 27.3 Å². The molecule has 0 aliphatic carbocycles. The van der Waals surface area contributed by atoms with Gasteiger partial charge in [-0.05, 0) is 44.3 Å². The highest BCUT2D eigenvalue weighted by Crippen LogP contribution is 2.23. The Morgan fingerprint density at radius 3 is 2.83 bits per heavy atom. The fourth-order valence-electron chi connectivity index (χ4n) is 2.35. The zero-order valence-electron chi connectivity index (χ0n) is 13.5. The summed E-state index contributed by atoms with van der Waals surface area (Å²) in [5, 5.41) is 3.96. The molecule has 2 aromatic carbocycles. The molecule has 0 spiro atoms. The van der Waals surface area contributed by atoms with Gasteiger partial charge in [-0.3, -0.25) is 9.69 Å². The monoisotopic (exact) mass is 403 g/mol. The number of carbonyl (C=O) groups excluding carboxylic acids is 1. The first-order valence-electron chi connectivity index (χ1n) is 7.64. The van der Waals surface area contributed by atoms with Crippen molar-refractivity contribution in [2.45, 2.75) is 19.5 Å². The minimum atomic E-state index is -0.254. The molecule has 0 saturated carbocycles. The third-order valence-corrected chi connectivity index (χ3v) is 5.37. The fraction of sp³-hybridized carbons (Fsp3) is 0.222. The van der Waals surface area contributed by atoms with Crippen LogP contribution in [0.2, 0.25) is 0 Å². The van der Waals surface area contributed by atoms with Crippen molar-refractivity contribution in [1.82, 2.24) is 9.88 Å². The molecular formula is C18H18BrN3OS. The molecule has 0 unspecified atom stereocenters. The largest absolute Gasteiger partial charge is 0.325 e. The van der Waals surface area contributed by atoms with Crippen LogP contribution in [0.5, 0.6) is 0 Å². The van der Waals surface area contributed by atoms with Gasteiger partial charge in [0.2, 0.25) is 5.91 Å². The van der Waals surface area contributed by atoms with E-state index in [0.717, 1.165) is 20.7 Å². The molecule has 4 nitrogen and oxygen atoms in total. The van der Waals surface area contributed by atoms with E-state index >= 15 is 0 Å². The fourth-order valence-corrected chi connectivity index (χ4v) is 3.78. The minimum absolute atomic E-state index is 0.0308. The number of carbonyl (C=O) groups is 1. The van der Waals surface area contributed by atoms with E-state index < -0.39 is 0 Å². The molecule has 0 bridgehead atoms. The number of halogens is 1. The standard InChI is InChI=1S/C18H18BrN3OS/c1-12(18(23)20-14-7-5-6-13(19)10-14)22(2)11-17-21-15-8-3-4-9-16(15)24-17/h3-10,12H,11H2,1-2H3,(H,20,23)/t12-/m0/s1. The summed E-state index contributed by atoms with van der Waals surface area (Å²) >= 11 is 5.08. The normalized spacial score (nSPS) is 12.5. The van der Waals surface area contributed by atoms with Crippen LogP contribution in [0.25, 0.3) is 10.2 Å². The van der Waals surface area contributed by atoms with Gasteiger partial charge in [0.25, 0.3) is 0 Å². The lowest BCUT2D eigenvalue weighted by Crippen LogP contribution is -2.39. The summed E-state index contributed by atoms with van der Waals surface area (Å²) in [6.07, 6.45) is 0. The van der Waals surface area contributed by atoms with E-state index in [1.807, 2.05) is 61.3 Å². The molecule has 3 aromatic rings. The van der Waals surface area contributed by atoms with Gasteiger partial charge in [0, 0.05) is 10.2 Å². The summed E-state index contributed by atoms with van der Waals surface area (Å²) in [5.41, 5.74) is 1.80. The van der Waals surface area contributed by atoms with Gasteiger partial charge < -0.3 is 5.32 Å². The number of amides is 1. The van der Waals surface area contributed by atoms with Gasteiger partial charge in [0.05, 0.1) is 22.8 Å². The molecule has 0 saturated heterocycles. The van der Waals surface area contributed by atoms with Gasteiger partial charge in [-0.25, -0.2) is 4.98 Å². The number of rotatable bonds is 5.